The fraction of sp³-hybridized carbons (Fsp3) is 0.412. The average Bonchev–Trinajstić information content (AvgIpc) is 2.49. The van der Waals surface area contributed by atoms with Crippen LogP contribution in [0, 0.1) is 12.8 Å². The van der Waals surface area contributed by atoms with Crippen LogP contribution in [0.3, 0.4) is 0 Å². The van der Waals surface area contributed by atoms with E-state index >= 15 is 0 Å². The van der Waals surface area contributed by atoms with Crippen molar-refractivity contribution in [3.8, 4) is 11.5 Å². The van der Waals surface area contributed by atoms with Crippen LogP contribution in [-0.4, -0.2) is 46.8 Å². The lowest BCUT2D eigenvalue weighted by atomic mass is 9.82. The van der Waals surface area contributed by atoms with Crippen LogP contribution >= 0.6 is 0 Å². The predicted octanol–water partition coefficient (Wildman–Crippen LogP) is 1.02. The third-order valence-electron chi connectivity index (χ3n) is 4.85. The summed E-state index contributed by atoms with van der Waals surface area (Å²) in [6, 6.07) is 2.73. The van der Waals surface area contributed by atoms with Crippen molar-refractivity contribution in [1.29, 1.82) is 0 Å². The molecule has 7 heteroatoms. The number of ketones is 1. The van der Waals surface area contributed by atoms with Gasteiger partial charge in [0.05, 0.1) is 5.92 Å². The van der Waals surface area contributed by atoms with Gasteiger partial charge in [-0.3, -0.25) is 14.5 Å². The number of phenols is 1. The molecule has 3 unspecified atom stereocenters. The molecule has 0 bridgehead atoms. The monoisotopic (exact) mass is 331 g/mol. The Bertz CT molecular complexity index is 917. The molecule has 1 saturated heterocycles. The number of aliphatic hydroxyl groups excluding tert-OH is 1. The van der Waals surface area contributed by atoms with Gasteiger partial charge in [0.25, 0.3) is 0 Å². The second kappa shape index (κ2) is 5.06. The smallest absolute Gasteiger partial charge is 0.196 e. The SMILES string of the molecule is Cc1cc(=O)c2c(O)c3c(cc2o1)OC1CCN(C)C(O)C1C3=O. The third kappa shape index (κ3) is 1.98. The Hall–Kier alpha value is -2.38. The highest BCUT2D eigenvalue weighted by Crippen LogP contribution is 2.43. The maximum absolute atomic E-state index is 12.9. The van der Waals surface area contributed by atoms with Crippen molar-refractivity contribution in [2.75, 3.05) is 13.6 Å². The van der Waals surface area contributed by atoms with Crippen LogP contribution in [0.5, 0.6) is 11.5 Å². The van der Waals surface area contributed by atoms with Gasteiger partial charge in [0.1, 0.15) is 46.1 Å². The first-order chi connectivity index (χ1) is 11.4. The van der Waals surface area contributed by atoms with E-state index in [1.54, 1.807) is 18.9 Å². The molecule has 1 fully saturated rings. The van der Waals surface area contributed by atoms with Gasteiger partial charge in [0.15, 0.2) is 11.2 Å². The largest absolute Gasteiger partial charge is 0.506 e. The quantitative estimate of drug-likeness (QED) is 0.743. The summed E-state index contributed by atoms with van der Waals surface area (Å²) in [4.78, 5) is 26.7. The fourth-order valence-electron chi connectivity index (χ4n) is 3.61. The molecule has 126 valence electrons. The standard InChI is InChI=1S/C17H17NO6/c1-7-5-8(19)12-10(23-7)6-11-13(15(12)20)16(21)14-9(24-11)3-4-18(2)17(14)22/h5-6,9,14,17,20,22H,3-4H2,1-2H3. The molecule has 2 N–H and O–H groups in total. The van der Waals surface area contributed by atoms with E-state index in [2.05, 4.69) is 0 Å². The summed E-state index contributed by atoms with van der Waals surface area (Å²) in [5, 5.41) is 20.8. The number of aliphatic hydroxyl groups is 1. The normalized spacial score (nSPS) is 26.8. The first kappa shape index (κ1) is 15.2. The van der Waals surface area contributed by atoms with Crippen LogP contribution in [0.4, 0.5) is 0 Å². The maximum Gasteiger partial charge on any atom is 0.196 e. The molecule has 2 aromatic rings. The van der Waals surface area contributed by atoms with Crippen LogP contribution in [0.1, 0.15) is 22.5 Å². The molecule has 24 heavy (non-hydrogen) atoms. The number of hydrogen-bond donors (Lipinski definition) is 2. The molecule has 0 spiro atoms. The maximum atomic E-state index is 12.9. The summed E-state index contributed by atoms with van der Waals surface area (Å²) in [6.45, 7) is 2.23. The first-order valence-electron chi connectivity index (χ1n) is 7.78. The zero-order valence-electron chi connectivity index (χ0n) is 13.3. The first-order valence-corrected chi connectivity index (χ1v) is 7.78. The number of hydrogen-bond acceptors (Lipinski definition) is 7. The second-order valence-electron chi connectivity index (χ2n) is 6.42. The summed E-state index contributed by atoms with van der Waals surface area (Å²) >= 11 is 0. The van der Waals surface area contributed by atoms with Crippen molar-refractivity contribution < 1.29 is 24.2 Å². The Morgan fingerprint density at radius 2 is 2.04 bits per heavy atom. The number of fused-ring (bicyclic) bond motifs is 3. The van der Waals surface area contributed by atoms with Crippen LogP contribution < -0.4 is 10.2 Å². The second-order valence-corrected chi connectivity index (χ2v) is 6.42. The van der Waals surface area contributed by atoms with Crippen molar-refractivity contribution >= 4 is 16.8 Å². The van der Waals surface area contributed by atoms with E-state index in [1.165, 1.54) is 12.1 Å². The fourth-order valence-corrected chi connectivity index (χ4v) is 3.61. The number of Topliss-reactive ketones (excluding diaryl/α,β-unsaturated/α-hetero) is 1. The highest BCUT2D eigenvalue weighted by molar-refractivity contribution is 6.08. The number of ether oxygens (including phenoxy) is 1. The minimum atomic E-state index is -0.992. The number of benzene rings is 1. The van der Waals surface area contributed by atoms with Gasteiger partial charge in [0, 0.05) is 18.7 Å². The molecular weight excluding hydrogens is 314 g/mol. The molecule has 7 nitrogen and oxygen atoms in total. The Morgan fingerprint density at radius 3 is 2.79 bits per heavy atom. The molecule has 2 aliphatic heterocycles. The number of phenolic OH excluding ortho intramolecular Hbond substituents is 1. The number of likely N-dealkylation sites (tertiary alicyclic amines) is 1. The lowest BCUT2D eigenvalue weighted by Gasteiger charge is -2.42. The zero-order valence-corrected chi connectivity index (χ0v) is 13.3. The van der Waals surface area contributed by atoms with Crippen molar-refractivity contribution in [2.45, 2.75) is 25.7 Å². The summed E-state index contributed by atoms with van der Waals surface area (Å²) in [6.07, 6.45) is -0.876. The Balaban J connectivity index is 1.96. The molecule has 3 atom stereocenters. The molecule has 0 radical (unpaired) electrons. The molecule has 4 rings (SSSR count). The number of carbonyl (C=O) groups excluding carboxylic acids is 1. The van der Waals surface area contributed by atoms with E-state index < -0.39 is 35.2 Å². The molecule has 0 amide bonds. The van der Waals surface area contributed by atoms with Gasteiger partial charge in [-0.05, 0) is 20.4 Å². The molecule has 2 aliphatic rings. The van der Waals surface area contributed by atoms with Crippen molar-refractivity contribution in [2.24, 2.45) is 5.92 Å². The van der Waals surface area contributed by atoms with Crippen LogP contribution in [0.2, 0.25) is 0 Å². The highest BCUT2D eigenvalue weighted by atomic mass is 16.5. The van der Waals surface area contributed by atoms with E-state index in [9.17, 15) is 19.8 Å². The third-order valence-corrected chi connectivity index (χ3v) is 4.85. The summed E-state index contributed by atoms with van der Waals surface area (Å²) < 4.78 is 11.4. The van der Waals surface area contributed by atoms with E-state index in [4.69, 9.17) is 9.15 Å². The van der Waals surface area contributed by atoms with Crippen LogP contribution in [0.25, 0.3) is 11.0 Å². The average molecular weight is 331 g/mol. The van der Waals surface area contributed by atoms with Gasteiger partial charge < -0.3 is 19.4 Å². The predicted molar refractivity (Wildman–Crippen MR) is 84.4 cm³/mol. The van der Waals surface area contributed by atoms with E-state index in [1.807, 2.05) is 0 Å². The minimum Gasteiger partial charge on any atom is -0.506 e. The number of aryl methyl sites for hydroxylation is 1. The lowest BCUT2D eigenvalue weighted by molar-refractivity contribution is -0.0869. The van der Waals surface area contributed by atoms with Crippen LogP contribution in [-0.2, 0) is 0 Å². The zero-order chi connectivity index (χ0) is 17.2. The van der Waals surface area contributed by atoms with Crippen molar-refractivity contribution in [3.63, 3.8) is 0 Å². The van der Waals surface area contributed by atoms with Gasteiger partial charge in [-0.15, -0.1) is 0 Å². The summed E-state index contributed by atoms with van der Waals surface area (Å²) in [7, 11) is 1.72. The molecule has 0 saturated carbocycles. The van der Waals surface area contributed by atoms with Gasteiger partial charge in [-0.25, -0.2) is 0 Å². The molecular formula is C17H17NO6. The number of piperidine rings is 1. The number of rotatable bonds is 0. The topological polar surface area (TPSA) is 100 Å². The van der Waals surface area contributed by atoms with Crippen molar-refractivity contribution in [1.82, 2.24) is 4.90 Å². The molecule has 1 aromatic heterocycles. The van der Waals surface area contributed by atoms with E-state index in [0.29, 0.717) is 18.7 Å². The molecule has 3 heterocycles. The highest BCUT2D eigenvalue weighted by Gasteiger charge is 2.47. The Kier molecular flexibility index (Phi) is 3.20. The van der Waals surface area contributed by atoms with Crippen LogP contribution in [0.15, 0.2) is 21.3 Å². The van der Waals surface area contributed by atoms with E-state index in [-0.39, 0.29) is 22.3 Å². The lowest BCUT2D eigenvalue weighted by Crippen LogP contribution is -2.56. The summed E-state index contributed by atoms with van der Waals surface area (Å²) in [5.41, 5.74) is -0.310. The van der Waals surface area contributed by atoms with Gasteiger partial charge in [0.2, 0.25) is 0 Å². The molecule has 1 aromatic carbocycles. The molecule has 0 aliphatic carbocycles. The van der Waals surface area contributed by atoms with Crippen molar-refractivity contribution in [3.05, 3.63) is 33.7 Å². The Morgan fingerprint density at radius 1 is 1.29 bits per heavy atom. The summed E-state index contributed by atoms with van der Waals surface area (Å²) in [5.74, 6) is -1.06. The number of nitrogens with zero attached hydrogens (tertiary/aromatic N) is 1. The van der Waals surface area contributed by atoms with Gasteiger partial charge >= 0.3 is 0 Å². The van der Waals surface area contributed by atoms with E-state index in [0.717, 1.165) is 0 Å². The number of carbonyl (C=O) groups is 1. The van der Waals surface area contributed by atoms with Gasteiger partial charge in [-0.2, -0.15) is 0 Å². The number of aromatic hydroxyl groups is 1. The minimum absolute atomic E-state index is 0.0478. The van der Waals surface area contributed by atoms with Gasteiger partial charge in [-0.1, -0.05) is 0 Å². The Labute approximate surface area is 137 Å².